The number of hydrogen-bond acceptors (Lipinski definition) is 3. The third-order valence-corrected chi connectivity index (χ3v) is 14.4. The Balaban J connectivity index is 1.14. The number of fused-ring (bicyclic) bond motifs is 6. The van der Waals surface area contributed by atoms with Crippen molar-refractivity contribution < 1.29 is 0 Å². The van der Waals surface area contributed by atoms with Crippen LogP contribution in [0.1, 0.15) is 12.0 Å². The van der Waals surface area contributed by atoms with Crippen LogP contribution in [-0.4, -0.2) is 19.1 Å². The summed E-state index contributed by atoms with van der Waals surface area (Å²) in [6.07, 6.45) is 4.34. The predicted molar refractivity (Wildman–Crippen MR) is 265 cm³/mol. The molecule has 0 aliphatic heterocycles. The van der Waals surface area contributed by atoms with Crippen LogP contribution in [-0.2, 0) is 6.42 Å². The molecule has 9 aromatic carbocycles. The number of hydrogen-bond donors (Lipinski definition) is 0. The van der Waals surface area contributed by atoms with Crippen LogP contribution in [0.3, 0.4) is 0 Å². The van der Waals surface area contributed by atoms with Gasteiger partial charge >= 0.3 is 0 Å². The second-order valence-electron chi connectivity index (χ2n) is 16.8. The Bertz CT molecular complexity index is 4060. The highest BCUT2D eigenvalue weighted by atomic mass is 32.1. The fourth-order valence-corrected chi connectivity index (χ4v) is 11.7. The summed E-state index contributed by atoms with van der Waals surface area (Å²) in [5, 5.41) is 11.3. The van der Waals surface area contributed by atoms with E-state index in [0.29, 0.717) is 0 Å². The first-order valence-electron chi connectivity index (χ1n) is 21.7. The van der Waals surface area contributed by atoms with Gasteiger partial charge in [0.2, 0.25) is 0 Å². The van der Waals surface area contributed by atoms with Crippen LogP contribution in [0.15, 0.2) is 188 Å². The van der Waals surface area contributed by atoms with E-state index < -0.39 is 0 Å². The van der Waals surface area contributed by atoms with E-state index in [1.807, 2.05) is 0 Å². The minimum Gasteiger partial charge on any atom is -0.309 e. The molecule has 4 aromatic heterocycles. The molecule has 0 spiro atoms. The Morgan fingerprint density at radius 3 is 1.84 bits per heavy atom. The van der Waals surface area contributed by atoms with Crippen LogP contribution in [0, 0.1) is 0 Å². The van der Waals surface area contributed by atoms with Gasteiger partial charge in [0.15, 0.2) is 5.82 Å². The Labute approximate surface area is 366 Å². The standard InChI is InChI=1S/C58H36N4S/c1-3-14-35(15-4-1)37-28-30-38(31-29-37)55-57(59-56-45-22-9-10-27-50(45)63-58(56)60-55)62-47-26-13-24-44-42-21-8-7-20-41(42)43-23-12-25-46-51(43)53-48(32-33-49(62)54(53)52(44)47)61(46)40-19-11-18-39(34-40)36-16-5-2-6-17-36/h1-12,14-23,25-34H,13,24H2. The lowest BCUT2D eigenvalue weighted by atomic mass is 9.90. The van der Waals surface area contributed by atoms with Crippen molar-refractivity contribution in [3.05, 3.63) is 199 Å². The maximum atomic E-state index is 5.74. The van der Waals surface area contributed by atoms with E-state index in [1.54, 1.807) is 11.3 Å². The minimum atomic E-state index is 0.855. The lowest BCUT2D eigenvalue weighted by molar-refractivity contribution is 0.978. The molecule has 4 nitrogen and oxygen atoms in total. The highest BCUT2D eigenvalue weighted by Gasteiger charge is 2.28. The Morgan fingerprint density at radius 1 is 0.429 bits per heavy atom. The van der Waals surface area contributed by atoms with E-state index in [1.165, 1.54) is 86.6 Å². The van der Waals surface area contributed by atoms with Gasteiger partial charge in [0.25, 0.3) is 0 Å². The van der Waals surface area contributed by atoms with Gasteiger partial charge in [-0.25, -0.2) is 9.97 Å². The van der Waals surface area contributed by atoms with Crippen molar-refractivity contribution in [1.29, 1.82) is 0 Å². The summed E-state index contributed by atoms with van der Waals surface area (Å²) < 4.78 is 6.14. The van der Waals surface area contributed by atoms with Gasteiger partial charge in [-0.1, -0.05) is 158 Å². The molecule has 14 rings (SSSR count). The molecule has 0 N–H and O–H groups in total. The second kappa shape index (κ2) is 13.3. The minimum absolute atomic E-state index is 0.855. The molecule has 0 radical (unpaired) electrons. The molecule has 13 aromatic rings. The van der Waals surface area contributed by atoms with Gasteiger partial charge in [-0.2, -0.15) is 0 Å². The zero-order valence-corrected chi connectivity index (χ0v) is 34.9. The average molecular weight is 821 g/mol. The van der Waals surface area contributed by atoms with Crippen LogP contribution in [0.5, 0.6) is 0 Å². The SMILES string of the molecule is C1=c2c3c(c4ccccc4c4cccc5c4c4c3c(ccc4n5-c3cccc(-c4ccccc4)c3)n2-c2nc3c(nc2-c2ccc(-c4ccccc4)cc2)sc2ccccc23)CC1. The van der Waals surface area contributed by atoms with Crippen LogP contribution < -0.4 is 5.35 Å². The number of thiophene rings is 1. The third-order valence-electron chi connectivity index (χ3n) is 13.4. The number of aromatic nitrogens is 4. The van der Waals surface area contributed by atoms with E-state index in [4.69, 9.17) is 9.97 Å². The highest BCUT2D eigenvalue weighted by molar-refractivity contribution is 7.25. The first-order chi connectivity index (χ1) is 31.3. The maximum Gasteiger partial charge on any atom is 0.165 e. The molecule has 0 saturated heterocycles. The van der Waals surface area contributed by atoms with Crippen LogP contribution in [0.25, 0.3) is 126 Å². The largest absolute Gasteiger partial charge is 0.309 e. The monoisotopic (exact) mass is 820 g/mol. The van der Waals surface area contributed by atoms with E-state index in [0.717, 1.165) is 56.9 Å². The third kappa shape index (κ3) is 5.03. The van der Waals surface area contributed by atoms with E-state index in [2.05, 4.69) is 203 Å². The Hall–Kier alpha value is -7.86. The average Bonchev–Trinajstić information content (AvgIpc) is 4.01. The molecule has 0 bridgehead atoms. The van der Waals surface area contributed by atoms with Gasteiger partial charge in [-0.05, 0) is 93.2 Å². The second-order valence-corrected chi connectivity index (χ2v) is 17.8. The van der Waals surface area contributed by atoms with Crippen molar-refractivity contribution >= 4 is 92.1 Å². The van der Waals surface area contributed by atoms with Gasteiger partial charge in [-0.3, -0.25) is 4.57 Å². The molecule has 1 aliphatic carbocycles. The maximum absolute atomic E-state index is 5.74. The van der Waals surface area contributed by atoms with Gasteiger partial charge < -0.3 is 4.57 Å². The van der Waals surface area contributed by atoms with Gasteiger partial charge in [0.05, 0.1) is 21.9 Å². The topological polar surface area (TPSA) is 35.6 Å². The molecule has 4 heterocycles. The Morgan fingerprint density at radius 2 is 1.03 bits per heavy atom. The number of nitrogens with zero attached hydrogens (tertiary/aromatic N) is 4. The molecular formula is C58H36N4S. The molecule has 294 valence electrons. The smallest absolute Gasteiger partial charge is 0.165 e. The zero-order chi connectivity index (χ0) is 41.2. The van der Waals surface area contributed by atoms with Crippen LogP contribution in [0.2, 0.25) is 0 Å². The molecule has 0 unspecified atom stereocenters. The van der Waals surface area contributed by atoms with Crippen molar-refractivity contribution in [3.8, 4) is 45.0 Å². The highest BCUT2D eigenvalue weighted by Crippen LogP contribution is 2.46. The predicted octanol–water partition coefficient (Wildman–Crippen LogP) is 14.6. The summed E-state index contributed by atoms with van der Waals surface area (Å²) in [6, 6.07) is 68.5. The molecule has 63 heavy (non-hydrogen) atoms. The van der Waals surface area contributed by atoms with E-state index in [9.17, 15) is 0 Å². The van der Waals surface area contributed by atoms with E-state index >= 15 is 0 Å². The Kier molecular flexibility index (Phi) is 7.36. The molecule has 0 atom stereocenters. The molecule has 0 amide bonds. The van der Waals surface area contributed by atoms with Crippen molar-refractivity contribution in [3.63, 3.8) is 0 Å². The summed E-state index contributed by atoms with van der Waals surface area (Å²) in [5.74, 6) is 0.855. The normalized spacial score (nSPS) is 12.8. The fourth-order valence-electron chi connectivity index (χ4n) is 10.7. The summed E-state index contributed by atoms with van der Waals surface area (Å²) >= 11 is 1.72. The molecular weight excluding hydrogens is 785 g/mol. The molecule has 0 saturated carbocycles. The van der Waals surface area contributed by atoms with Gasteiger partial charge in [0.1, 0.15) is 16.0 Å². The molecule has 5 heteroatoms. The van der Waals surface area contributed by atoms with Crippen LogP contribution >= 0.6 is 11.3 Å². The van der Waals surface area contributed by atoms with Gasteiger partial charge in [0, 0.05) is 42.9 Å². The zero-order valence-electron chi connectivity index (χ0n) is 34.1. The summed E-state index contributed by atoms with van der Waals surface area (Å²) in [5.41, 5.74) is 13.7. The van der Waals surface area contributed by atoms with E-state index in [-0.39, 0.29) is 0 Å². The quantitative estimate of drug-likeness (QED) is 0.173. The van der Waals surface area contributed by atoms with Gasteiger partial charge in [-0.15, -0.1) is 11.3 Å². The summed E-state index contributed by atoms with van der Waals surface area (Å²) in [6.45, 7) is 0. The van der Waals surface area contributed by atoms with Crippen molar-refractivity contribution in [2.45, 2.75) is 12.8 Å². The van der Waals surface area contributed by atoms with Crippen LogP contribution in [0.4, 0.5) is 0 Å². The lowest BCUT2D eigenvalue weighted by Crippen LogP contribution is -2.20. The molecule has 1 aliphatic rings. The first kappa shape index (κ1) is 34.8. The summed E-state index contributed by atoms with van der Waals surface area (Å²) in [7, 11) is 0. The van der Waals surface area contributed by atoms with Crippen molar-refractivity contribution in [1.82, 2.24) is 19.1 Å². The van der Waals surface area contributed by atoms with Crippen molar-refractivity contribution in [2.75, 3.05) is 0 Å². The summed E-state index contributed by atoms with van der Waals surface area (Å²) in [4.78, 5) is 12.3. The fraction of sp³-hybridized carbons (Fsp3) is 0.0345. The molecule has 0 fully saturated rings. The number of aryl methyl sites for hydroxylation is 1. The first-order valence-corrected chi connectivity index (χ1v) is 22.5. The van der Waals surface area contributed by atoms with Crippen molar-refractivity contribution in [2.24, 2.45) is 0 Å². The number of benzene rings is 8. The number of rotatable bonds is 5. The lowest BCUT2D eigenvalue weighted by Gasteiger charge is -2.14.